The Kier molecular flexibility index (Phi) is 4.08. The van der Waals surface area contributed by atoms with Crippen LogP contribution in [0.15, 0.2) is 53.4 Å². The van der Waals surface area contributed by atoms with Crippen LogP contribution in [0, 0.1) is 0 Å². The fourth-order valence-corrected chi connectivity index (χ4v) is 4.60. The van der Waals surface area contributed by atoms with E-state index in [1.54, 1.807) is 7.11 Å². The topological polar surface area (TPSA) is 38.3 Å². The highest BCUT2D eigenvalue weighted by molar-refractivity contribution is 7.85. The lowest BCUT2D eigenvalue weighted by atomic mass is 10.1. The van der Waals surface area contributed by atoms with Crippen LogP contribution in [0.25, 0.3) is 0 Å². The summed E-state index contributed by atoms with van der Waals surface area (Å²) in [5.74, 6) is 0.788. The van der Waals surface area contributed by atoms with E-state index in [0.717, 1.165) is 17.1 Å². The molecule has 4 heteroatoms. The van der Waals surface area contributed by atoms with Crippen molar-refractivity contribution < 1.29 is 8.95 Å². The van der Waals surface area contributed by atoms with Crippen LogP contribution in [0.4, 0.5) is 0 Å². The Labute approximate surface area is 127 Å². The summed E-state index contributed by atoms with van der Waals surface area (Å²) in [7, 11) is 2.53. The number of hydrogen-bond acceptors (Lipinski definition) is 3. The second-order valence-electron chi connectivity index (χ2n) is 5.18. The average Bonchev–Trinajstić information content (AvgIpc) is 2.92. The molecule has 3 unspecified atom stereocenters. The van der Waals surface area contributed by atoms with Gasteiger partial charge in [-0.1, -0.05) is 24.3 Å². The highest BCUT2D eigenvalue weighted by Crippen LogP contribution is 2.36. The Hall–Kier alpha value is -1.65. The van der Waals surface area contributed by atoms with Gasteiger partial charge in [0.05, 0.1) is 23.2 Å². The van der Waals surface area contributed by atoms with Crippen LogP contribution in [0.3, 0.4) is 0 Å². The van der Waals surface area contributed by atoms with Crippen molar-refractivity contribution in [2.75, 3.05) is 14.2 Å². The molecule has 2 aromatic carbocycles. The van der Waals surface area contributed by atoms with Gasteiger partial charge in [0.25, 0.3) is 0 Å². The van der Waals surface area contributed by atoms with Gasteiger partial charge in [-0.2, -0.15) is 0 Å². The van der Waals surface area contributed by atoms with Gasteiger partial charge in [0.1, 0.15) is 5.75 Å². The number of methoxy groups -OCH3 is 1. The van der Waals surface area contributed by atoms with Crippen LogP contribution in [0.1, 0.15) is 17.2 Å². The lowest BCUT2D eigenvalue weighted by Crippen LogP contribution is -2.29. The Morgan fingerprint density at radius 1 is 1.14 bits per heavy atom. The first kappa shape index (κ1) is 14.3. The van der Waals surface area contributed by atoms with Gasteiger partial charge < -0.3 is 10.1 Å². The molecule has 3 nitrogen and oxygen atoms in total. The summed E-state index contributed by atoms with van der Waals surface area (Å²) in [6, 6.07) is 16.0. The highest BCUT2D eigenvalue weighted by atomic mass is 32.2. The zero-order valence-electron chi connectivity index (χ0n) is 12.2. The van der Waals surface area contributed by atoms with Gasteiger partial charge in [-0.3, -0.25) is 4.21 Å². The third-order valence-corrected chi connectivity index (χ3v) is 5.79. The molecule has 1 aliphatic carbocycles. The summed E-state index contributed by atoms with van der Waals surface area (Å²) in [5.41, 5.74) is 2.57. The second kappa shape index (κ2) is 6.00. The number of hydrogen-bond donors (Lipinski definition) is 1. The first-order valence-electron chi connectivity index (χ1n) is 7.04. The molecule has 0 amide bonds. The van der Waals surface area contributed by atoms with Gasteiger partial charge in [0.2, 0.25) is 0 Å². The molecule has 0 fully saturated rings. The Morgan fingerprint density at radius 2 is 1.86 bits per heavy atom. The van der Waals surface area contributed by atoms with Gasteiger partial charge in [-0.15, -0.1) is 0 Å². The van der Waals surface area contributed by atoms with Crippen LogP contribution in [0.5, 0.6) is 5.75 Å². The molecule has 0 saturated carbocycles. The van der Waals surface area contributed by atoms with Gasteiger partial charge in [0.15, 0.2) is 0 Å². The molecule has 1 aliphatic rings. The first-order chi connectivity index (χ1) is 10.2. The van der Waals surface area contributed by atoms with Crippen molar-refractivity contribution in [3.63, 3.8) is 0 Å². The molecule has 0 radical (unpaired) electrons. The summed E-state index contributed by atoms with van der Waals surface area (Å²) < 4.78 is 18.1. The molecule has 0 heterocycles. The largest absolute Gasteiger partial charge is 0.497 e. The molecule has 0 aliphatic heterocycles. The van der Waals surface area contributed by atoms with E-state index in [4.69, 9.17) is 4.74 Å². The van der Waals surface area contributed by atoms with Gasteiger partial charge in [-0.05, 0) is 48.9 Å². The van der Waals surface area contributed by atoms with Crippen molar-refractivity contribution in [3.05, 3.63) is 59.7 Å². The van der Waals surface area contributed by atoms with E-state index >= 15 is 0 Å². The summed E-state index contributed by atoms with van der Waals surface area (Å²) >= 11 is 0. The van der Waals surface area contributed by atoms with Crippen molar-refractivity contribution >= 4 is 10.8 Å². The minimum atomic E-state index is -1.04. The second-order valence-corrected chi connectivity index (χ2v) is 6.85. The maximum Gasteiger partial charge on any atom is 0.118 e. The smallest absolute Gasteiger partial charge is 0.118 e. The summed E-state index contributed by atoms with van der Waals surface area (Å²) in [5, 5.41) is 3.40. The predicted molar refractivity (Wildman–Crippen MR) is 85.1 cm³/mol. The third-order valence-electron chi connectivity index (χ3n) is 4.06. The lowest BCUT2D eigenvalue weighted by molar-refractivity contribution is 0.414. The van der Waals surface area contributed by atoms with Crippen LogP contribution < -0.4 is 10.1 Å². The van der Waals surface area contributed by atoms with E-state index in [2.05, 4.69) is 17.4 Å². The molecule has 0 bridgehead atoms. The molecule has 3 rings (SSSR count). The van der Waals surface area contributed by atoms with Crippen LogP contribution in [0.2, 0.25) is 0 Å². The lowest BCUT2D eigenvalue weighted by Gasteiger charge is -2.19. The van der Waals surface area contributed by atoms with Crippen LogP contribution in [-0.2, 0) is 17.2 Å². The number of benzene rings is 2. The minimum Gasteiger partial charge on any atom is -0.497 e. The molecule has 21 heavy (non-hydrogen) atoms. The molecular weight excluding hydrogens is 282 g/mol. The highest BCUT2D eigenvalue weighted by Gasteiger charge is 2.35. The predicted octanol–water partition coefficient (Wildman–Crippen LogP) is 2.69. The van der Waals surface area contributed by atoms with E-state index < -0.39 is 10.8 Å². The monoisotopic (exact) mass is 301 g/mol. The molecular formula is C17H19NO2S. The van der Waals surface area contributed by atoms with Gasteiger partial charge >= 0.3 is 0 Å². The van der Waals surface area contributed by atoms with Crippen molar-refractivity contribution in [1.29, 1.82) is 0 Å². The molecule has 0 aromatic heterocycles. The maximum atomic E-state index is 12.9. The number of ether oxygens (including phenoxy) is 1. The standard InChI is InChI=1S/C17H19NO2S/c1-18-17-15-6-4-3-5-12(15)11-16(17)21(19)14-9-7-13(20-2)8-10-14/h3-10,16-18H,11H2,1-2H3. The molecule has 2 aromatic rings. The first-order valence-corrected chi connectivity index (χ1v) is 8.25. The quantitative estimate of drug-likeness (QED) is 0.943. The summed E-state index contributed by atoms with van der Waals surface area (Å²) in [4.78, 5) is 0.855. The maximum absolute atomic E-state index is 12.9. The van der Waals surface area contributed by atoms with E-state index in [0.29, 0.717) is 0 Å². The van der Waals surface area contributed by atoms with E-state index in [1.165, 1.54) is 11.1 Å². The molecule has 1 N–H and O–H groups in total. The molecule has 0 spiro atoms. The Balaban J connectivity index is 1.88. The van der Waals surface area contributed by atoms with Crippen molar-refractivity contribution in [1.82, 2.24) is 5.32 Å². The number of rotatable bonds is 4. The van der Waals surface area contributed by atoms with Crippen molar-refractivity contribution in [2.24, 2.45) is 0 Å². The minimum absolute atomic E-state index is 0.0702. The van der Waals surface area contributed by atoms with Crippen molar-refractivity contribution in [3.8, 4) is 5.75 Å². The zero-order valence-corrected chi connectivity index (χ0v) is 13.0. The fourth-order valence-electron chi connectivity index (χ4n) is 2.98. The SMILES string of the molecule is CNC1c2ccccc2CC1S(=O)c1ccc(OC)cc1. The zero-order chi connectivity index (χ0) is 14.8. The van der Waals surface area contributed by atoms with E-state index in [-0.39, 0.29) is 11.3 Å². The van der Waals surface area contributed by atoms with Gasteiger partial charge in [-0.25, -0.2) is 0 Å². The normalized spacial score (nSPS) is 21.8. The molecule has 3 atom stereocenters. The number of nitrogens with one attached hydrogen (secondary N) is 1. The average molecular weight is 301 g/mol. The van der Waals surface area contributed by atoms with Gasteiger partial charge in [0, 0.05) is 10.9 Å². The van der Waals surface area contributed by atoms with Crippen LogP contribution >= 0.6 is 0 Å². The fraction of sp³-hybridized carbons (Fsp3) is 0.294. The van der Waals surface area contributed by atoms with E-state index in [1.807, 2.05) is 43.4 Å². The summed E-state index contributed by atoms with van der Waals surface area (Å²) in [6.45, 7) is 0. The number of fused-ring (bicyclic) bond motifs is 1. The Bertz CT molecular complexity index is 654. The third kappa shape index (κ3) is 2.61. The summed E-state index contributed by atoms with van der Waals surface area (Å²) in [6.07, 6.45) is 0.848. The van der Waals surface area contributed by atoms with E-state index in [9.17, 15) is 4.21 Å². The molecule has 110 valence electrons. The Morgan fingerprint density at radius 3 is 2.52 bits per heavy atom. The molecule has 0 saturated heterocycles. The van der Waals surface area contributed by atoms with Crippen molar-refractivity contribution in [2.45, 2.75) is 22.6 Å². The van der Waals surface area contributed by atoms with Crippen LogP contribution in [-0.4, -0.2) is 23.6 Å².